The lowest BCUT2D eigenvalue weighted by Crippen LogP contribution is -2.21. The van der Waals surface area contributed by atoms with Crippen molar-refractivity contribution in [2.24, 2.45) is 5.73 Å². The zero-order chi connectivity index (χ0) is 24.2. The monoisotopic (exact) mass is 453 g/mol. The normalized spacial score (nSPS) is 14.8. The Balaban J connectivity index is 1.59. The molecule has 0 aromatic heterocycles. The van der Waals surface area contributed by atoms with Gasteiger partial charge in [0.1, 0.15) is 23.1 Å². The van der Waals surface area contributed by atoms with E-state index in [1.165, 1.54) is 24.3 Å². The van der Waals surface area contributed by atoms with Gasteiger partial charge in [-0.2, -0.15) is 5.26 Å². The number of nitro benzene ring substituents is 1. The second-order valence-electron chi connectivity index (χ2n) is 7.64. The highest BCUT2D eigenvalue weighted by molar-refractivity contribution is 5.88. The number of carbonyl (C=O) groups is 1. The average molecular weight is 453 g/mol. The van der Waals surface area contributed by atoms with Crippen molar-refractivity contribution < 1.29 is 19.2 Å². The van der Waals surface area contributed by atoms with Gasteiger partial charge in [-0.05, 0) is 30.2 Å². The molecule has 1 atom stereocenters. The average Bonchev–Trinajstić information content (AvgIpc) is 2.83. The summed E-state index contributed by atoms with van der Waals surface area (Å²) in [4.78, 5) is 22.8. The third kappa shape index (κ3) is 4.64. The lowest BCUT2D eigenvalue weighted by Gasteiger charge is -2.26. The molecule has 1 heterocycles. The Kier molecular flexibility index (Phi) is 6.10. The number of hydrogen-bond donors (Lipinski definition) is 1. The number of non-ortho nitro benzene ring substituents is 1. The summed E-state index contributed by atoms with van der Waals surface area (Å²) in [6, 6.07) is 20.4. The van der Waals surface area contributed by atoms with Crippen molar-refractivity contribution in [3.05, 3.63) is 117 Å². The van der Waals surface area contributed by atoms with Crippen molar-refractivity contribution in [2.75, 3.05) is 0 Å². The van der Waals surface area contributed by atoms with E-state index in [0.717, 1.165) is 11.1 Å². The molecular weight excluding hydrogens is 434 g/mol. The summed E-state index contributed by atoms with van der Waals surface area (Å²) < 4.78 is 11.0. The van der Waals surface area contributed by atoms with Crippen molar-refractivity contribution in [3.8, 4) is 17.6 Å². The molecule has 4 rings (SSSR count). The van der Waals surface area contributed by atoms with Crippen LogP contribution in [0.15, 0.2) is 84.3 Å². The number of fused-ring (bicyclic) bond motifs is 1. The molecule has 0 aliphatic carbocycles. The molecule has 0 fully saturated rings. The maximum Gasteiger partial charge on any atom is 0.336 e. The van der Waals surface area contributed by atoms with Crippen LogP contribution in [0.2, 0.25) is 0 Å². The summed E-state index contributed by atoms with van der Waals surface area (Å²) in [5.74, 6) is -0.660. The molecule has 2 N–H and O–H groups in total. The molecule has 0 saturated carbocycles. The van der Waals surface area contributed by atoms with Crippen molar-refractivity contribution >= 4 is 17.7 Å². The molecule has 3 aromatic rings. The van der Waals surface area contributed by atoms with Crippen LogP contribution in [0, 0.1) is 28.4 Å². The number of benzene rings is 3. The number of nitrogens with zero attached hydrogens (tertiary/aromatic N) is 2. The van der Waals surface area contributed by atoms with E-state index >= 15 is 0 Å². The maximum atomic E-state index is 12.3. The highest BCUT2D eigenvalue weighted by atomic mass is 16.6. The summed E-state index contributed by atoms with van der Waals surface area (Å²) in [5, 5.41) is 20.6. The van der Waals surface area contributed by atoms with E-state index in [-0.39, 0.29) is 22.9 Å². The van der Waals surface area contributed by atoms with Gasteiger partial charge in [0.05, 0.1) is 10.8 Å². The van der Waals surface area contributed by atoms with Crippen LogP contribution in [0.1, 0.15) is 28.2 Å². The van der Waals surface area contributed by atoms with Crippen LogP contribution in [-0.2, 0) is 4.79 Å². The minimum Gasteiger partial charge on any atom is -0.440 e. The molecule has 168 valence electrons. The molecule has 34 heavy (non-hydrogen) atoms. The summed E-state index contributed by atoms with van der Waals surface area (Å²) in [6.45, 7) is 1.98. The van der Waals surface area contributed by atoms with Crippen LogP contribution in [0.25, 0.3) is 6.08 Å². The second kappa shape index (κ2) is 9.30. The zero-order valence-electron chi connectivity index (χ0n) is 18.1. The van der Waals surface area contributed by atoms with Gasteiger partial charge >= 0.3 is 5.97 Å². The number of nitro groups is 1. The fraction of sp³-hybridized carbons (Fsp3) is 0.0769. The van der Waals surface area contributed by atoms with Gasteiger partial charge in [-0.25, -0.2) is 4.79 Å². The molecule has 1 aliphatic heterocycles. The molecule has 0 saturated heterocycles. The van der Waals surface area contributed by atoms with E-state index in [1.807, 2.05) is 31.2 Å². The molecule has 0 bridgehead atoms. The Morgan fingerprint density at radius 3 is 2.50 bits per heavy atom. The number of allylic oxidation sites excluding steroid dienone is 1. The topological polar surface area (TPSA) is 128 Å². The number of hydrogen-bond acceptors (Lipinski definition) is 7. The summed E-state index contributed by atoms with van der Waals surface area (Å²) in [5.41, 5.74) is 9.36. The lowest BCUT2D eigenvalue weighted by molar-refractivity contribution is -0.384. The predicted molar refractivity (Wildman–Crippen MR) is 125 cm³/mol. The first-order valence-corrected chi connectivity index (χ1v) is 10.3. The number of carbonyl (C=O) groups excluding carboxylic acids is 1. The van der Waals surface area contributed by atoms with Gasteiger partial charge < -0.3 is 15.2 Å². The molecule has 1 aliphatic rings. The minimum absolute atomic E-state index is 0.0626. The fourth-order valence-electron chi connectivity index (χ4n) is 3.62. The maximum absolute atomic E-state index is 12.3. The SMILES string of the molecule is Cc1ccc(/C=C/C(=O)Oc2ccc3c(c2)OC(N)=C(C#N)C3c2ccc([N+](=O)[O-])cc2)cc1. The van der Waals surface area contributed by atoms with E-state index in [0.29, 0.717) is 16.9 Å². The molecule has 3 aromatic carbocycles. The molecule has 1 unspecified atom stereocenters. The number of rotatable bonds is 5. The Bertz CT molecular complexity index is 1370. The third-order valence-electron chi connectivity index (χ3n) is 5.34. The third-order valence-corrected chi connectivity index (χ3v) is 5.34. The van der Waals surface area contributed by atoms with Gasteiger partial charge in [-0.15, -0.1) is 0 Å². The van der Waals surface area contributed by atoms with E-state index in [1.54, 1.807) is 30.3 Å². The first-order chi connectivity index (χ1) is 16.4. The predicted octanol–water partition coefficient (Wildman–Crippen LogP) is 4.74. The standard InChI is InChI=1S/C26H19N3O5/c1-16-2-4-17(5-3-16)6-13-24(30)33-20-11-12-21-23(14-20)34-26(28)22(15-27)25(21)18-7-9-19(10-8-18)29(31)32/h2-14,25H,28H2,1H3/b13-6+. The summed E-state index contributed by atoms with van der Waals surface area (Å²) >= 11 is 0. The van der Waals surface area contributed by atoms with Gasteiger partial charge in [-0.3, -0.25) is 10.1 Å². The molecule has 8 heteroatoms. The second-order valence-corrected chi connectivity index (χ2v) is 7.64. The number of aryl methyl sites for hydroxylation is 1. The molecule has 0 amide bonds. The fourth-order valence-corrected chi connectivity index (χ4v) is 3.62. The lowest BCUT2D eigenvalue weighted by atomic mass is 9.83. The van der Waals surface area contributed by atoms with Crippen LogP contribution in [0.3, 0.4) is 0 Å². The highest BCUT2D eigenvalue weighted by Gasteiger charge is 2.31. The number of ether oxygens (including phenoxy) is 2. The molecule has 0 radical (unpaired) electrons. The van der Waals surface area contributed by atoms with Crippen molar-refractivity contribution in [3.63, 3.8) is 0 Å². The molecular formula is C26H19N3O5. The Labute approximate surface area is 195 Å². The highest BCUT2D eigenvalue weighted by Crippen LogP contribution is 2.43. The van der Waals surface area contributed by atoms with Crippen molar-refractivity contribution in [1.82, 2.24) is 0 Å². The van der Waals surface area contributed by atoms with Crippen LogP contribution in [-0.4, -0.2) is 10.9 Å². The van der Waals surface area contributed by atoms with Crippen LogP contribution < -0.4 is 15.2 Å². The number of esters is 1. The van der Waals surface area contributed by atoms with Gasteiger partial charge in [0.25, 0.3) is 5.69 Å². The Morgan fingerprint density at radius 1 is 1.15 bits per heavy atom. The van der Waals surface area contributed by atoms with Gasteiger partial charge in [0.2, 0.25) is 5.88 Å². The van der Waals surface area contributed by atoms with E-state index in [9.17, 15) is 20.2 Å². The van der Waals surface area contributed by atoms with Crippen LogP contribution in [0.4, 0.5) is 5.69 Å². The number of nitriles is 1. The quantitative estimate of drug-likeness (QED) is 0.194. The zero-order valence-corrected chi connectivity index (χ0v) is 18.1. The number of nitrogens with two attached hydrogens (primary N) is 1. The molecule has 0 spiro atoms. The Morgan fingerprint density at radius 2 is 1.85 bits per heavy atom. The minimum atomic E-state index is -0.583. The van der Waals surface area contributed by atoms with Crippen molar-refractivity contribution in [2.45, 2.75) is 12.8 Å². The van der Waals surface area contributed by atoms with Gasteiger partial charge in [0.15, 0.2) is 0 Å². The first kappa shape index (κ1) is 22.3. The van der Waals surface area contributed by atoms with Crippen LogP contribution in [0.5, 0.6) is 11.5 Å². The van der Waals surface area contributed by atoms with Gasteiger partial charge in [0, 0.05) is 29.8 Å². The van der Waals surface area contributed by atoms with E-state index < -0.39 is 16.8 Å². The Hall–Kier alpha value is -4.90. The van der Waals surface area contributed by atoms with Gasteiger partial charge in [-0.1, -0.05) is 48.0 Å². The van der Waals surface area contributed by atoms with Crippen LogP contribution >= 0.6 is 0 Å². The van der Waals surface area contributed by atoms with E-state index in [4.69, 9.17) is 15.2 Å². The summed E-state index contributed by atoms with van der Waals surface area (Å²) in [7, 11) is 0. The first-order valence-electron chi connectivity index (χ1n) is 10.3. The molecule has 8 nitrogen and oxygen atoms in total. The van der Waals surface area contributed by atoms with E-state index in [2.05, 4.69) is 6.07 Å². The largest absolute Gasteiger partial charge is 0.440 e. The van der Waals surface area contributed by atoms with Crippen molar-refractivity contribution in [1.29, 1.82) is 5.26 Å². The smallest absolute Gasteiger partial charge is 0.336 e. The summed E-state index contributed by atoms with van der Waals surface area (Å²) in [6.07, 6.45) is 2.98.